The molecule has 3 heterocycles. The van der Waals surface area contributed by atoms with Gasteiger partial charge in [-0.1, -0.05) is 0 Å². The number of nitrogens with one attached hydrogen (secondary N) is 1. The fraction of sp³-hybridized carbons (Fsp3) is 0.476. The number of aromatic nitrogens is 2. The first-order chi connectivity index (χ1) is 13.7. The summed E-state index contributed by atoms with van der Waals surface area (Å²) in [5.41, 5.74) is 2.91. The quantitative estimate of drug-likeness (QED) is 0.873. The van der Waals surface area contributed by atoms with E-state index < -0.39 is 0 Å². The van der Waals surface area contributed by atoms with E-state index >= 15 is 0 Å². The Labute approximate surface area is 165 Å². The summed E-state index contributed by atoms with van der Waals surface area (Å²) in [7, 11) is 3.17. The van der Waals surface area contributed by atoms with E-state index in [0.717, 1.165) is 38.2 Å². The summed E-state index contributed by atoms with van der Waals surface area (Å²) in [6.45, 7) is 3.20. The molecular weight excluding hydrogens is 356 g/mol. The van der Waals surface area contributed by atoms with Gasteiger partial charge in [0.1, 0.15) is 17.3 Å². The zero-order chi connectivity index (χ0) is 19.5. The van der Waals surface area contributed by atoms with Crippen LogP contribution in [0.4, 0.5) is 0 Å². The third kappa shape index (κ3) is 3.67. The Morgan fingerprint density at radius 2 is 2.04 bits per heavy atom. The number of benzene rings is 1. The lowest BCUT2D eigenvalue weighted by molar-refractivity contribution is 0.0707. The predicted molar refractivity (Wildman–Crippen MR) is 105 cm³/mol. The molecule has 2 aliphatic heterocycles. The van der Waals surface area contributed by atoms with Crippen molar-refractivity contribution in [3.05, 3.63) is 47.0 Å². The monoisotopic (exact) mass is 382 g/mol. The van der Waals surface area contributed by atoms with Crippen LogP contribution in [0.1, 0.15) is 46.2 Å². The number of hydrogen-bond donors (Lipinski definition) is 1. The topological polar surface area (TPSA) is 76.6 Å². The van der Waals surface area contributed by atoms with Gasteiger partial charge in [-0.05, 0) is 31.0 Å². The molecule has 7 nitrogen and oxygen atoms in total. The van der Waals surface area contributed by atoms with Crippen LogP contribution < -0.4 is 14.8 Å². The zero-order valence-electron chi connectivity index (χ0n) is 16.4. The minimum atomic E-state index is -0.0216. The van der Waals surface area contributed by atoms with Crippen LogP contribution in [0.3, 0.4) is 0 Å². The van der Waals surface area contributed by atoms with Crippen LogP contribution in [0.15, 0.2) is 24.4 Å². The Balaban J connectivity index is 1.45. The van der Waals surface area contributed by atoms with Gasteiger partial charge in [0.2, 0.25) is 0 Å². The molecule has 0 aliphatic carbocycles. The number of methoxy groups -OCH3 is 2. The Morgan fingerprint density at radius 1 is 1.21 bits per heavy atom. The van der Waals surface area contributed by atoms with E-state index in [1.54, 1.807) is 32.4 Å². The number of fused-ring (bicyclic) bond motifs is 1. The van der Waals surface area contributed by atoms with E-state index in [4.69, 9.17) is 14.5 Å². The summed E-state index contributed by atoms with van der Waals surface area (Å²) >= 11 is 0. The molecule has 1 amide bonds. The number of carbonyl (C=O) groups is 1. The molecule has 2 aromatic rings. The van der Waals surface area contributed by atoms with Gasteiger partial charge in [0.25, 0.3) is 5.91 Å². The van der Waals surface area contributed by atoms with Crippen LogP contribution in [0.5, 0.6) is 11.5 Å². The average molecular weight is 382 g/mol. The highest BCUT2D eigenvalue weighted by molar-refractivity contribution is 5.97. The van der Waals surface area contributed by atoms with Gasteiger partial charge in [-0.3, -0.25) is 4.79 Å². The van der Waals surface area contributed by atoms with Crippen molar-refractivity contribution in [3.8, 4) is 11.5 Å². The molecule has 1 fully saturated rings. The van der Waals surface area contributed by atoms with Crippen molar-refractivity contribution >= 4 is 5.91 Å². The van der Waals surface area contributed by atoms with Gasteiger partial charge in [0, 0.05) is 56.0 Å². The van der Waals surface area contributed by atoms with Gasteiger partial charge in [-0.25, -0.2) is 9.97 Å². The molecule has 28 heavy (non-hydrogen) atoms. The Hall–Kier alpha value is -2.67. The molecule has 1 N–H and O–H groups in total. The summed E-state index contributed by atoms with van der Waals surface area (Å²) in [6, 6.07) is 5.31. The smallest absolute Gasteiger partial charge is 0.257 e. The Morgan fingerprint density at radius 3 is 2.79 bits per heavy atom. The van der Waals surface area contributed by atoms with Gasteiger partial charge in [0.05, 0.1) is 19.8 Å². The number of hydrogen-bond acceptors (Lipinski definition) is 6. The molecule has 1 aromatic carbocycles. The fourth-order valence-electron chi connectivity index (χ4n) is 3.94. The first-order valence-corrected chi connectivity index (χ1v) is 9.76. The standard InChI is InChI=1S/C21H26N4O3/c1-27-16-3-4-19(28-2)17(11-16)21(26)25-9-6-14(7-10-25)20-23-13-15-12-22-8-5-18(15)24-20/h3-4,11,13-14,22H,5-10,12H2,1-2H3. The molecule has 0 bridgehead atoms. The number of amides is 1. The van der Waals surface area contributed by atoms with Crippen molar-refractivity contribution in [3.63, 3.8) is 0 Å². The molecule has 4 rings (SSSR count). The molecule has 1 aromatic heterocycles. The minimum absolute atomic E-state index is 0.0216. The second-order valence-corrected chi connectivity index (χ2v) is 7.26. The lowest BCUT2D eigenvalue weighted by Gasteiger charge is -2.32. The van der Waals surface area contributed by atoms with Crippen LogP contribution in [-0.2, 0) is 13.0 Å². The van der Waals surface area contributed by atoms with Gasteiger partial charge < -0.3 is 19.7 Å². The molecule has 148 valence electrons. The summed E-state index contributed by atoms with van der Waals surface area (Å²) in [5.74, 6) is 2.42. The molecule has 0 atom stereocenters. The lowest BCUT2D eigenvalue weighted by Crippen LogP contribution is -2.38. The van der Waals surface area contributed by atoms with E-state index in [2.05, 4.69) is 10.3 Å². The molecule has 0 saturated carbocycles. The van der Waals surface area contributed by atoms with Crippen LogP contribution in [0, 0.1) is 0 Å². The third-order valence-corrected chi connectivity index (χ3v) is 5.61. The van der Waals surface area contributed by atoms with Crippen LogP contribution in [0.25, 0.3) is 0 Å². The van der Waals surface area contributed by atoms with Gasteiger partial charge in [0.15, 0.2) is 0 Å². The number of nitrogens with zero attached hydrogens (tertiary/aromatic N) is 3. The fourth-order valence-corrected chi connectivity index (χ4v) is 3.94. The number of piperidine rings is 1. The predicted octanol–water partition coefficient (Wildman–Crippen LogP) is 2.16. The first kappa shape index (κ1) is 18.7. The molecular formula is C21H26N4O3. The zero-order valence-corrected chi connectivity index (χ0v) is 16.4. The van der Waals surface area contributed by atoms with Crippen molar-refractivity contribution in [1.82, 2.24) is 20.2 Å². The summed E-state index contributed by atoms with van der Waals surface area (Å²) < 4.78 is 10.6. The second kappa shape index (κ2) is 8.14. The summed E-state index contributed by atoms with van der Waals surface area (Å²) in [5, 5.41) is 3.35. The Bertz CT molecular complexity index is 863. The third-order valence-electron chi connectivity index (χ3n) is 5.61. The number of carbonyl (C=O) groups excluding carboxylic acids is 1. The van der Waals surface area contributed by atoms with Crippen LogP contribution in [-0.4, -0.2) is 54.6 Å². The number of rotatable bonds is 4. The van der Waals surface area contributed by atoms with E-state index in [0.29, 0.717) is 36.1 Å². The minimum Gasteiger partial charge on any atom is -0.497 e. The highest BCUT2D eigenvalue weighted by Gasteiger charge is 2.28. The van der Waals surface area contributed by atoms with Crippen molar-refractivity contribution in [1.29, 1.82) is 0 Å². The summed E-state index contributed by atoms with van der Waals surface area (Å²) in [6.07, 6.45) is 4.66. The SMILES string of the molecule is COc1ccc(OC)c(C(=O)N2CCC(c3ncc4c(n3)CCNC4)CC2)c1. The summed E-state index contributed by atoms with van der Waals surface area (Å²) in [4.78, 5) is 24.3. The van der Waals surface area contributed by atoms with Crippen molar-refractivity contribution in [2.24, 2.45) is 0 Å². The maximum Gasteiger partial charge on any atom is 0.257 e. The molecule has 1 saturated heterocycles. The highest BCUT2D eigenvalue weighted by atomic mass is 16.5. The number of likely N-dealkylation sites (tertiary alicyclic amines) is 1. The van der Waals surface area contributed by atoms with Gasteiger partial charge in [-0.2, -0.15) is 0 Å². The van der Waals surface area contributed by atoms with Crippen LogP contribution in [0.2, 0.25) is 0 Å². The number of ether oxygens (including phenoxy) is 2. The van der Waals surface area contributed by atoms with E-state index in [9.17, 15) is 4.79 Å². The average Bonchev–Trinajstić information content (AvgIpc) is 2.78. The van der Waals surface area contributed by atoms with Crippen molar-refractivity contribution < 1.29 is 14.3 Å². The van der Waals surface area contributed by atoms with Crippen LogP contribution >= 0.6 is 0 Å². The molecule has 7 heteroatoms. The molecule has 0 spiro atoms. The van der Waals surface area contributed by atoms with Gasteiger partial charge >= 0.3 is 0 Å². The van der Waals surface area contributed by atoms with Gasteiger partial charge in [-0.15, -0.1) is 0 Å². The molecule has 2 aliphatic rings. The largest absolute Gasteiger partial charge is 0.497 e. The first-order valence-electron chi connectivity index (χ1n) is 9.76. The lowest BCUT2D eigenvalue weighted by atomic mass is 9.94. The normalized spacial score (nSPS) is 17.1. The molecule has 0 unspecified atom stereocenters. The van der Waals surface area contributed by atoms with E-state index in [1.165, 1.54) is 11.3 Å². The maximum absolute atomic E-state index is 13.0. The highest BCUT2D eigenvalue weighted by Crippen LogP contribution is 2.30. The van der Waals surface area contributed by atoms with Crippen molar-refractivity contribution in [2.75, 3.05) is 33.9 Å². The second-order valence-electron chi connectivity index (χ2n) is 7.26. The molecule has 0 radical (unpaired) electrons. The van der Waals surface area contributed by atoms with Crippen molar-refractivity contribution in [2.45, 2.75) is 31.7 Å². The maximum atomic E-state index is 13.0. The van der Waals surface area contributed by atoms with E-state index in [1.807, 2.05) is 11.1 Å². The van der Waals surface area contributed by atoms with E-state index in [-0.39, 0.29) is 5.91 Å². The Kier molecular flexibility index (Phi) is 5.43.